The zero-order valence-corrected chi connectivity index (χ0v) is 14.8. The molecule has 0 unspecified atom stereocenters. The highest BCUT2D eigenvalue weighted by Gasteiger charge is 2.27. The first-order valence-corrected chi connectivity index (χ1v) is 8.94. The van der Waals surface area contributed by atoms with Crippen molar-refractivity contribution in [3.63, 3.8) is 0 Å². The Bertz CT molecular complexity index is 651. The van der Waals surface area contributed by atoms with E-state index in [2.05, 4.69) is 11.4 Å². The molecule has 0 heterocycles. The van der Waals surface area contributed by atoms with Gasteiger partial charge in [-0.1, -0.05) is 6.07 Å². The molecular formula is C19H25NO5. The average molecular weight is 347 g/mol. The van der Waals surface area contributed by atoms with Gasteiger partial charge in [-0.2, -0.15) is 0 Å². The van der Waals surface area contributed by atoms with E-state index in [1.165, 1.54) is 22.3 Å². The Morgan fingerprint density at radius 3 is 2.24 bits per heavy atom. The van der Waals surface area contributed by atoms with Gasteiger partial charge in [0.15, 0.2) is 0 Å². The van der Waals surface area contributed by atoms with Gasteiger partial charge in [0.05, 0.1) is 18.4 Å². The van der Waals surface area contributed by atoms with Gasteiger partial charge < -0.3 is 14.6 Å². The highest BCUT2D eigenvalue weighted by molar-refractivity contribution is 5.90. The fourth-order valence-electron chi connectivity index (χ4n) is 3.66. The van der Waals surface area contributed by atoms with Crippen molar-refractivity contribution in [1.82, 2.24) is 0 Å². The first-order valence-electron chi connectivity index (χ1n) is 8.94. The Kier molecular flexibility index (Phi) is 5.27. The molecule has 0 bridgehead atoms. The third-order valence-corrected chi connectivity index (χ3v) is 4.81. The number of ether oxygens (including phenoxy) is 2. The minimum absolute atomic E-state index is 0.130. The van der Waals surface area contributed by atoms with Gasteiger partial charge in [0.25, 0.3) is 0 Å². The molecule has 1 aromatic rings. The number of anilines is 1. The van der Waals surface area contributed by atoms with E-state index in [0.29, 0.717) is 0 Å². The second-order valence-corrected chi connectivity index (χ2v) is 6.97. The quantitative estimate of drug-likeness (QED) is 0.826. The van der Waals surface area contributed by atoms with Gasteiger partial charge in [0.1, 0.15) is 0 Å². The number of carbonyl (C=O) groups excluding carboxylic acids is 1. The van der Waals surface area contributed by atoms with Crippen LogP contribution in [0.2, 0.25) is 0 Å². The highest BCUT2D eigenvalue weighted by atomic mass is 16.6. The number of carboxylic acids is 1. The van der Waals surface area contributed by atoms with Crippen molar-refractivity contribution in [2.75, 3.05) is 11.9 Å². The van der Waals surface area contributed by atoms with Gasteiger partial charge in [-0.15, -0.1) is 0 Å². The van der Waals surface area contributed by atoms with Gasteiger partial charge in [-0.25, -0.2) is 9.59 Å². The lowest BCUT2D eigenvalue weighted by molar-refractivity contribution is -0.150. The highest BCUT2D eigenvalue weighted by Crippen LogP contribution is 2.38. The number of carbonyl (C=O) groups is 2. The summed E-state index contributed by atoms with van der Waals surface area (Å²) in [5, 5.41) is 12.1. The molecule has 2 aliphatic rings. The largest absolute Gasteiger partial charge is 0.478 e. The standard InChI is InChI=1S/C19H25NO5/c1-11(2)24-10-16(18(21)22)25-19(23)20-17-14-7-3-5-12(14)9-13-6-4-8-15(13)17/h9,11,16H,3-8,10H2,1-2H3,(H,20,23)(H,21,22)/t16-/m1/s1. The number of aryl methyl sites for hydroxylation is 2. The topological polar surface area (TPSA) is 84.9 Å². The number of hydrogen-bond donors (Lipinski definition) is 2. The van der Waals surface area contributed by atoms with Crippen LogP contribution < -0.4 is 5.32 Å². The van der Waals surface area contributed by atoms with E-state index in [-0.39, 0.29) is 12.7 Å². The summed E-state index contributed by atoms with van der Waals surface area (Å²) in [4.78, 5) is 23.6. The molecule has 6 heteroatoms. The summed E-state index contributed by atoms with van der Waals surface area (Å²) in [6.07, 6.45) is 3.95. The van der Waals surface area contributed by atoms with Crippen LogP contribution in [-0.2, 0) is 40.0 Å². The van der Waals surface area contributed by atoms with Crippen molar-refractivity contribution in [1.29, 1.82) is 0 Å². The molecule has 3 rings (SSSR count). The lowest BCUT2D eigenvalue weighted by Crippen LogP contribution is -2.34. The smallest absolute Gasteiger partial charge is 0.412 e. The van der Waals surface area contributed by atoms with Gasteiger partial charge >= 0.3 is 12.1 Å². The van der Waals surface area contributed by atoms with Gasteiger partial charge in [-0.05, 0) is 74.6 Å². The van der Waals surface area contributed by atoms with Crippen LogP contribution in [-0.4, -0.2) is 36.0 Å². The third kappa shape index (κ3) is 3.95. The zero-order chi connectivity index (χ0) is 18.0. The molecule has 0 aliphatic heterocycles. The van der Waals surface area contributed by atoms with E-state index in [0.717, 1.165) is 44.2 Å². The number of aliphatic carboxylic acids is 1. The van der Waals surface area contributed by atoms with Gasteiger partial charge in [0.2, 0.25) is 6.10 Å². The van der Waals surface area contributed by atoms with Crippen molar-refractivity contribution in [3.8, 4) is 0 Å². The first-order chi connectivity index (χ1) is 12.0. The molecule has 0 aromatic heterocycles. The fourth-order valence-corrected chi connectivity index (χ4v) is 3.66. The SMILES string of the molecule is CC(C)OC[C@@H](OC(=O)Nc1c2c(cc3c1CCC3)CCC2)C(=O)O. The molecule has 0 fully saturated rings. The van der Waals surface area contributed by atoms with Crippen LogP contribution in [0.15, 0.2) is 6.07 Å². The van der Waals surface area contributed by atoms with Crippen LogP contribution in [0.4, 0.5) is 10.5 Å². The molecule has 1 atom stereocenters. The van der Waals surface area contributed by atoms with E-state index in [1.807, 2.05) is 0 Å². The van der Waals surface area contributed by atoms with Crippen molar-refractivity contribution in [3.05, 3.63) is 28.3 Å². The lowest BCUT2D eigenvalue weighted by Gasteiger charge is -2.19. The van der Waals surface area contributed by atoms with Crippen LogP contribution in [0.1, 0.15) is 48.9 Å². The summed E-state index contributed by atoms with van der Waals surface area (Å²) in [5.41, 5.74) is 5.81. The van der Waals surface area contributed by atoms with Gasteiger partial charge in [0, 0.05) is 0 Å². The van der Waals surface area contributed by atoms with E-state index >= 15 is 0 Å². The van der Waals surface area contributed by atoms with Crippen LogP contribution in [0.3, 0.4) is 0 Å². The number of nitrogens with one attached hydrogen (secondary N) is 1. The Morgan fingerprint density at radius 1 is 1.12 bits per heavy atom. The average Bonchev–Trinajstić information content (AvgIpc) is 3.19. The fraction of sp³-hybridized carbons (Fsp3) is 0.579. The summed E-state index contributed by atoms with van der Waals surface area (Å²) in [7, 11) is 0. The van der Waals surface area contributed by atoms with Crippen LogP contribution >= 0.6 is 0 Å². The molecule has 2 N–H and O–H groups in total. The lowest BCUT2D eigenvalue weighted by atomic mass is 9.99. The summed E-state index contributed by atoms with van der Waals surface area (Å²) in [6, 6.07) is 2.28. The molecule has 1 aromatic carbocycles. The second-order valence-electron chi connectivity index (χ2n) is 6.97. The first kappa shape index (κ1) is 17.7. The molecule has 1 amide bonds. The predicted molar refractivity (Wildman–Crippen MR) is 93.1 cm³/mol. The molecule has 0 radical (unpaired) electrons. The number of carboxylic acid groups (broad SMARTS) is 1. The minimum atomic E-state index is -1.31. The van der Waals surface area contributed by atoms with E-state index in [1.54, 1.807) is 13.8 Å². The molecule has 0 saturated heterocycles. The summed E-state index contributed by atoms with van der Waals surface area (Å²) < 4.78 is 10.4. The molecule has 136 valence electrons. The summed E-state index contributed by atoms with van der Waals surface area (Å²) >= 11 is 0. The monoisotopic (exact) mass is 347 g/mol. The number of rotatable bonds is 6. The Hall–Kier alpha value is -2.08. The second kappa shape index (κ2) is 7.44. The van der Waals surface area contributed by atoms with Crippen LogP contribution in [0.25, 0.3) is 0 Å². The van der Waals surface area contributed by atoms with Crippen molar-refractivity contribution < 1.29 is 24.2 Å². The number of fused-ring (bicyclic) bond motifs is 2. The molecule has 6 nitrogen and oxygen atoms in total. The zero-order valence-electron chi connectivity index (χ0n) is 14.8. The molecule has 25 heavy (non-hydrogen) atoms. The minimum Gasteiger partial charge on any atom is -0.478 e. The normalized spacial score (nSPS) is 16.4. The number of benzene rings is 1. The van der Waals surface area contributed by atoms with Crippen molar-refractivity contribution in [2.45, 2.75) is 64.6 Å². The van der Waals surface area contributed by atoms with E-state index in [9.17, 15) is 14.7 Å². The maximum absolute atomic E-state index is 12.3. The molecule has 2 aliphatic carbocycles. The number of hydrogen-bond acceptors (Lipinski definition) is 4. The van der Waals surface area contributed by atoms with Crippen molar-refractivity contribution in [2.24, 2.45) is 0 Å². The van der Waals surface area contributed by atoms with Crippen molar-refractivity contribution >= 4 is 17.7 Å². The third-order valence-electron chi connectivity index (χ3n) is 4.81. The number of amides is 1. The van der Waals surface area contributed by atoms with Crippen LogP contribution in [0, 0.1) is 0 Å². The Balaban J connectivity index is 1.74. The molecule has 0 spiro atoms. The van der Waals surface area contributed by atoms with E-state index in [4.69, 9.17) is 9.47 Å². The Morgan fingerprint density at radius 2 is 1.72 bits per heavy atom. The Labute approximate surface area is 147 Å². The molecular weight excluding hydrogens is 322 g/mol. The maximum atomic E-state index is 12.3. The van der Waals surface area contributed by atoms with E-state index < -0.39 is 18.2 Å². The predicted octanol–water partition coefficient (Wildman–Crippen LogP) is 3.09. The van der Waals surface area contributed by atoms with Gasteiger partial charge in [-0.3, -0.25) is 5.32 Å². The summed E-state index contributed by atoms with van der Waals surface area (Å²) in [5.74, 6) is -1.21. The molecule has 0 saturated carbocycles. The maximum Gasteiger partial charge on any atom is 0.412 e. The summed E-state index contributed by atoms with van der Waals surface area (Å²) in [6.45, 7) is 3.44. The van der Waals surface area contributed by atoms with Crippen LogP contribution in [0.5, 0.6) is 0 Å².